The Bertz CT molecular complexity index is 86.9. The molecule has 0 radical (unpaired) electrons. The van der Waals surface area contributed by atoms with Crippen LogP contribution in [0.4, 0.5) is 4.39 Å². The van der Waals surface area contributed by atoms with E-state index in [0.717, 1.165) is 12.8 Å². The molecule has 0 saturated heterocycles. The second-order valence-corrected chi connectivity index (χ2v) is 2.92. The second-order valence-electron chi connectivity index (χ2n) is 2.92. The molecule has 0 spiro atoms. The van der Waals surface area contributed by atoms with Gasteiger partial charge in [-0.3, -0.25) is 0 Å². The van der Waals surface area contributed by atoms with E-state index in [9.17, 15) is 4.39 Å². The highest BCUT2D eigenvalue weighted by Gasteiger charge is 1.87. The van der Waals surface area contributed by atoms with Crippen LogP contribution in [0.25, 0.3) is 0 Å². The minimum absolute atomic E-state index is 0.645. The Labute approximate surface area is 69.5 Å². The number of unbranched alkanes of at least 4 members (excludes halogenated alkanes) is 6. The predicted octanol–water partition coefficient (Wildman–Crippen LogP) is 4.22. The van der Waals surface area contributed by atoms with Gasteiger partial charge < -0.3 is 0 Å². The summed E-state index contributed by atoms with van der Waals surface area (Å²) in [4.78, 5) is 0. The summed E-state index contributed by atoms with van der Waals surface area (Å²) in [6, 6.07) is 0. The molecule has 0 nitrogen and oxygen atoms in total. The van der Waals surface area contributed by atoms with E-state index in [0.29, 0.717) is 6.33 Å². The standard InChI is InChI=1S/C10H19F/c1-2-3-4-5-6-7-8-9-10-11/h9-10H,2-8H2,1H3. The van der Waals surface area contributed by atoms with Crippen LogP contribution in [0.5, 0.6) is 0 Å². The van der Waals surface area contributed by atoms with Gasteiger partial charge in [-0.05, 0) is 12.8 Å². The van der Waals surface area contributed by atoms with E-state index >= 15 is 0 Å². The third-order valence-corrected chi connectivity index (χ3v) is 1.81. The van der Waals surface area contributed by atoms with E-state index in [-0.39, 0.29) is 0 Å². The molecule has 0 aliphatic heterocycles. The number of rotatable bonds is 7. The van der Waals surface area contributed by atoms with Gasteiger partial charge in [0, 0.05) is 0 Å². The van der Waals surface area contributed by atoms with Crippen LogP contribution in [0.1, 0.15) is 51.9 Å². The van der Waals surface area contributed by atoms with Crippen LogP contribution in [0.2, 0.25) is 0 Å². The van der Waals surface area contributed by atoms with Crippen LogP contribution in [0.15, 0.2) is 12.4 Å². The van der Waals surface area contributed by atoms with Crippen LogP contribution in [0, 0.1) is 0 Å². The Kier molecular flexibility index (Phi) is 9.38. The summed E-state index contributed by atoms with van der Waals surface area (Å²) in [5.41, 5.74) is 0. The number of hydrogen-bond acceptors (Lipinski definition) is 0. The van der Waals surface area contributed by atoms with Crippen molar-refractivity contribution < 1.29 is 4.39 Å². The van der Waals surface area contributed by atoms with Gasteiger partial charge >= 0.3 is 0 Å². The van der Waals surface area contributed by atoms with Gasteiger partial charge in [0.2, 0.25) is 0 Å². The first-order valence-corrected chi connectivity index (χ1v) is 4.67. The van der Waals surface area contributed by atoms with Gasteiger partial charge in [0.1, 0.15) is 0 Å². The summed E-state index contributed by atoms with van der Waals surface area (Å²) < 4.78 is 11.4. The Morgan fingerprint density at radius 3 is 2.27 bits per heavy atom. The van der Waals surface area contributed by atoms with Crippen molar-refractivity contribution in [1.29, 1.82) is 0 Å². The molecule has 1 heteroatoms. The lowest BCUT2D eigenvalue weighted by Gasteiger charge is -1.96. The van der Waals surface area contributed by atoms with Gasteiger partial charge in [-0.15, -0.1) is 0 Å². The maximum Gasteiger partial charge on any atom is 0.0827 e. The van der Waals surface area contributed by atoms with E-state index in [1.165, 1.54) is 32.1 Å². The average molecular weight is 158 g/mol. The SMILES string of the molecule is CCCCCCCCC=CF. The molecule has 0 rings (SSSR count). The van der Waals surface area contributed by atoms with E-state index in [1.54, 1.807) is 6.08 Å². The fourth-order valence-electron chi connectivity index (χ4n) is 1.11. The van der Waals surface area contributed by atoms with Gasteiger partial charge in [-0.1, -0.05) is 45.1 Å². The maximum atomic E-state index is 11.4. The van der Waals surface area contributed by atoms with Crippen molar-refractivity contribution in [2.75, 3.05) is 0 Å². The molecule has 0 fully saturated rings. The quantitative estimate of drug-likeness (QED) is 0.487. The van der Waals surface area contributed by atoms with Crippen LogP contribution >= 0.6 is 0 Å². The van der Waals surface area contributed by atoms with E-state index < -0.39 is 0 Å². The van der Waals surface area contributed by atoms with Gasteiger partial charge in [-0.25, -0.2) is 4.39 Å². The number of halogens is 1. The molecule has 0 aliphatic rings. The van der Waals surface area contributed by atoms with Crippen LogP contribution in [0.3, 0.4) is 0 Å². The zero-order valence-electron chi connectivity index (χ0n) is 7.48. The van der Waals surface area contributed by atoms with Gasteiger partial charge in [0.15, 0.2) is 0 Å². The Morgan fingerprint density at radius 1 is 1.00 bits per heavy atom. The molecule has 0 saturated carbocycles. The van der Waals surface area contributed by atoms with Crippen molar-refractivity contribution in [2.24, 2.45) is 0 Å². The fraction of sp³-hybridized carbons (Fsp3) is 0.800. The zero-order chi connectivity index (χ0) is 8.36. The molecule has 0 aromatic heterocycles. The minimum Gasteiger partial charge on any atom is -0.216 e. The predicted molar refractivity (Wildman–Crippen MR) is 48.2 cm³/mol. The van der Waals surface area contributed by atoms with Crippen molar-refractivity contribution >= 4 is 0 Å². The fourth-order valence-corrected chi connectivity index (χ4v) is 1.11. The van der Waals surface area contributed by atoms with Crippen LogP contribution < -0.4 is 0 Å². The maximum absolute atomic E-state index is 11.4. The topological polar surface area (TPSA) is 0 Å². The third kappa shape index (κ3) is 9.67. The summed E-state index contributed by atoms with van der Waals surface area (Å²) >= 11 is 0. The highest BCUT2D eigenvalue weighted by Crippen LogP contribution is 2.06. The largest absolute Gasteiger partial charge is 0.216 e. The van der Waals surface area contributed by atoms with Gasteiger partial charge in [0.05, 0.1) is 6.33 Å². The molecule has 0 amide bonds. The smallest absolute Gasteiger partial charge is 0.0827 e. The molecule has 66 valence electrons. The van der Waals surface area contributed by atoms with Crippen molar-refractivity contribution in [2.45, 2.75) is 51.9 Å². The lowest BCUT2D eigenvalue weighted by molar-refractivity contribution is 0.608. The van der Waals surface area contributed by atoms with Crippen molar-refractivity contribution in [3.8, 4) is 0 Å². The third-order valence-electron chi connectivity index (χ3n) is 1.81. The summed E-state index contributed by atoms with van der Waals surface area (Å²) in [7, 11) is 0. The number of allylic oxidation sites excluding steroid dienone is 1. The first kappa shape index (κ1) is 10.7. The monoisotopic (exact) mass is 158 g/mol. The van der Waals surface area contributed by atoms with Crippen molar-refractivity contribution in [1.82, 2.24) is 0 Å². The van der Waals surface area contributed by atoms with Crippen molar-refractivity contribution in [3.63, 3.8) is 0 Å². The average Bonchev–Trinajstić information content (AvgIpc) is 2.03. The highest BCUT2D eigenvalue weighted by molar-refractivity contribution is 4.71. The Morgan fingerprint density at radius 2 is 1.64 bits per heavy atom. The molecule has 0 aliphatic carbocycles. The molecule has 0 bridgehead atoms. The molecule has 0 N–H and O–H groups in total. The molecule has 0 unspecified atom stereocenters. The number of hydrogen-bond donors (Lipinski definition) is 0. The molecule has 0 atom stereocenters. The summed E-state index contributed by atoms with van der Waals surface area (Å²) in [6.07, 6.45) is 10.8. The highest BCUT2D eigenvalue weighted by atomic mass is 19.1. The molecule has 11 heavy (non-hydrogen) atoms. The van der Waals surface area contributed by atoms with E-state index in [1.807, 2.05) is 0 Å². The van der Waals surface area contributed by atoms with Gasteiger partial charge in [-0.2, -0.15) is 0 Å². The summed E-state index contributed by atoms with van der Waals surface area (Å²) in [5, 5.41) is 0. The first-order valence-electron chi connectivity index (χ1n) is 4.67. The Hall–Kier alpha value is -0.330. The zero-order valence-corrected chi connectivity index (χ0v) is 7.48. The summed E-state index contributed by atoms with van der Waals surface area (Å²) in [6.45, 7) is 2.21. The lowest BCUT2D eigenvalue weighted by atomic mass is 10.1. The summed E-state index contributed by atoms with van der Waals surface area (Å²) in [5.74, 6) is 0. The van der Waals surface area contributed by atoms with Crippen molar-refractivity contribution in [3.05, 3.63) is 12.4 Å². The molecular formula is C10H19F. The van der Waals surface area contributed by atoms with Crippen LogP contribution in [-0.4, -0.2) is 0 Å². The molecule has 0 aromatic rings. The Balaban J connectivity index is 2.79. The molecule has 0 aromatic carbocycles. The second kappa shape index (κ2) is 9.67. The van der Waals surface area contributed by atoms with E-state index in [2.05, 4.69) is 6.92 Å². The van der Waals surface area contributed by atoms with Crippen LogP contribution in [-0.2, 0) is 0 Å². The van der Waals surface area contributed by atoms with Gasteiger partial charge in [0.25, 0.3) is 0 Å². The molecule has 0 heterocycles. The normalized spacial score (nSPS) is 11.1. The minimum atomic E-state index is 0.645. The lowest BCUT2D eigenvalue weighted by Crippen LogP contribution is -1.77. The molecular weight excluding hydrogens is 139 g/mol. The first-order chi connectivity index (χ1) is 5.41. The van der Waals surface area contributed by atoms with E-state index in [4.69, 9.17) is 0 Å².